The second-order valence-corrected chi connectivity index (χ2v) is 10.6. The molecule has 23 heteroatoms. The number of pyridine rings is 4. The number of carbonyl (C=O) groups is 4. The molecule has 0 fully saturated rings. The van der Waals surface area contributed by atoms with Crippen molar-refractivity contribution in [1.29, 1.82) is 0 Å². The number of aromatic nitrogens is 8. The number of nitrogens with zero attached hydrogens (tertiary/aromatic N) is 8. The summed E-state index contributed by atoms with van der Waals surface area (Å²) in [7, 11) is 0. The molecule has 0 aromatic carbocycles. The quantitative estimate of drug-likeness (QED) is 0.114. The van der Waals surface area contributed by atoms with Crippen LogP contribution in [0.1, 0.15) is 52.8 Å². The average molecular weight is 856 g/mol. The molecule has 6 aromatic heterocycles. The molecule has 6 rings (SSSR count). The van der Waals surface area contributed by atoms with Crippen LogP contribution in [0.15, 0.2) is 73.1 Å². The molecule has 16 nitrogen and oxygen atoms in total. The first-order chi connectivity index (χ1) is 25.3. The molecule has 0 amide bonds. The van der Waals surface area contributed by atoms with Crippen LogP contribution in [0, 0.1) is 0 Å². The Morgan fingerprint density at radius 1 is 0.473 bits per heavy atom. The van der Waals surface area contributed by atoms with Crippen molar-refractivity contribution in [1.82, 2.24) is 40.3 Å². The predicted molar refractivity (Wildman–Crippen MR) is 166 cm³/mol. The zero-order chi connectivity index (χ0) is 39.5. The van der Waals surface area contributed by atoms with Gasteiger partial charge in [0.15, 0.2) is 0 Å². The van der Waals surface area contributed by atoms with Gasteiger partial charge in [-0.1, -0.05) is 11.4 Å². The van der Waals surface area contributed by atoms with Gasteiger partial charge in [0.2, 0.25) is 0 Å². The van der Waals surface area contributed by atoms with E-state index in [9.17, 15) is 55.7 Å². The van der Waals surface area contributed by atoms with E-state index in [1.165, 1.54) is 24.5 Å². The molecular formula is C32H16F6N8O8Ru. The average Bonchev–Trinajstić information content (AvgIpc) is 3.84. The van der Waals surface area contributed by atoms with Gasteiger partial charge >= 0.3 is 55.7 Å². The van der Waals surface area contributed by atoms with Gasteiger partial charge in [0.1, 0.15) is 11.4 Å². The maximum absolute atomic E-state index is 12.7. The molecule has 4 N–H and O–H groups in total. The second kappa shape index (κ2) is 16.0. The van der Waals surface area contributed by atoms with Crippen LogP contribution in [0.5, 0.6) is 0 Å². The van der Waals surface area contributed by atoms with Crippen LogP contribution in [0.25, 0.3) is 45.6 Å². The van der Waals surface area contributed by atoms with E-state index >= 15 is 0 Å². The first-order valence-corrected chi connectivity index (χ1v) is 14.4. The molecule has 0 saturated carbocycles. The molecule has 0 atom stereocenters. The molecule has 282 valence electrons. The van der Waals surface area contributed by atoms with Crippen molar-refractivity contribution in [2.24, 2.45) is 0 Å². The summed E-state index contributed by atoms with van der Waals surface area (Å²) in [5.74, 6) is -5.18. The fraction of sp³-hybridized carbons (Fsp3) is 0.0625. The van der Waals surface area contributed by atoms with Crippen LogP contribution >= 0.6 is 0 Å². The zero-order valence-electron chi connectivity index (χ0n) is 26.5. The summed E-state index contributed by atoms with van der Waals surface area (Å²) in [6, 6.07) is 10.4. The third-order valence-corrected chi connectivity index (χ3v) is 6.87. The Kier molecular flexibility index (Phi) is 11.9. The van der Waals surface area contributed by atoms with E-state index in [1.807, 2.05) is 0 Å². The summed E-state index contributed by atoms with van der Waals surface area (Å²) in [5.41, 5.74) is -4.18. The molecule has 55 heavy (non-hydrogen) atoms. The molecule has 0 spiro atoms. The minimum atomic E-state index is -4.71. The number of hydrogen-bond acceptors (Lipinski definition) is 10. The van der Waals surface area contributed by atoms with Crippen LogP contribution in [0.4, 0.5) is 26.3 Å². The Bertz CT molecular complexity index is 2270. The van der Waals surface area contributed by atoms with E-state index < -0.39 is 47.6 Å². The molecule has 6 aromatic rings. The third-order valence-electron chi connectivity index (χ3n) is 6.87. The van der Waals surface area contributed by atoms with Gasteiger partial charge in [0, 0.05) is 12.4 Å². The Morgan fingerprint density at radius 3 is 1.07 bits per heavy atom. The van der Waals surface area contributed by atoms with Crippen LogP contribution in [-0.4, -0.2) is 74.4 Å². The van der Waals surface area contributed by atoms with E-state index in [1.54, 1.807) is 0 Å². The maximum Gasteiger partial charge on any atom is 2.00 e. The normalized spacial score (nSPS) is 11.2. The SMILES string of the molecule is O=C(O)c1ccnc(-c2cc(C(=O)O)cc(-c3cc(C(F)(F)F)n[n-]3)n2)c1.O=C(O)c1ccnc(-c2cc(C(=O)O)cc(-c3cc(C(F)(F)F)n[n-]3)n2)c1.[Ru+2]. The summed E-state index contributed by atoms with van der Waals surface area (Å²) in [6.45, 7) is 0. The van der Waals surface area contributed by atoms with Gasteiger partial charge in [0.05, 0.1) is 56.4 Å². The first-order valence-electron chi connectivity index (χ1n) is 14.4. The van der Waals surface area contributed by atoms with E-state index in [0.29, 0.717) is 12.1 Å². The number of hydrogen-bond donors (Lipinski definition) is 4. The van der Waals surface area contributed by atoms with Gasteiger partial charge in [-0.25, -0.2) is 29.1 Å². The van der Waals surface area contributed by atoms with Gasteiger partial charge in [-0.05, 0) is 60.7 Å². The van der Waals surface area contributed by atoms with Crippen molar-refractivity contribution in [3.05, 3.63) is 107 Å². The molecule has 0 aliphatic carbocycles. The van der Waals surface area contributed by atoms with Crippen molar-refractivity contribution in [3.63, 3.8) is 0 Å². The molecule has 0 aliphatic heterocycles. The summed E-state index contributed by atoms with van der Waals surface area (Å²) in [4.78, 5) is 60.9. The second-order valence-electron chi connectivity index (χ2n) is 10.6. The first kappa shape index (κ1) is 40.9. The number of carboxylic acids is 4. The standard InChI is InChI=1S/2C16H9F3N4O4.Ru/c2*17-16(18,19)13-6-12(22-23-13)11-5-8(15(26)27)4-10(21-11)9-3-7(14(24)25)1-2-20-9;/h2*1-6H,(H3,21,22,23,24,25,26,27);/q;;+2/p-2. The molecule has 0 bridgehead atoms. The van der Waals surface area contributed by atoms with Crippen molar-refractivity contribution in [2.45, 2.75) is 12.4 Å². The van der Waals surface area contributed by atoms with Crippen LogP contribution in [-0.2, 0) is 31.8 Å². The van der Waals surface area contributed by atoms with Gasteiger partial charge in [-0.2, -0.15) is 26.3 Å². The Labute approximate surface area is 313 Å². The molecule has 0 radical (unpaired) electrons. The van der Waals surface area contributed by atoms with Crippen LogP contribution in [0.3, 0.4) is 0 Å². The Hall–Kier alpha value is -6.90. The minimum absolute atomic E-state index is 0. The van der Waals surface area contributed by atoms with Crippen molar-refractivity contribution < 1.29 is 85.4 Å². The number of alkyl halides is 6. The van der Waals surface area contributed by atoms with Gasteiger partial charge < -0.3 is 40.8 Å². The monoisotopic (exact) mass is 856 g/mol. The summed E-state index contributed by atoms with van der Waals surface area (Å²) in [5, 5.41) is 49.4. The van der Waals surface area contributed by atoms with Gasteiger partial charge in [0.25, 0.3) is 0 Å². The van der Waals surface area contributed by atoms with Gasteiger partial charge in [-0.15, -0.1) is 0 Å². The van der Waals surface area contributed by atoms with Crippen molar-refractivity contribution >= 4 is 23.9 Å². The number of aromatic carboxylic acids is 4. The smallest absolute Gasteiger partial charge is 0.573 e. The zero-order valence-corrected chi connectivity index (χ0v) is 28.3. The summed E-state index contributed by atoms with van der Waals surface area (Å²) < 4.78 is 76.2. The Morgan fingerprint density at radius 2 is 0.782 bits per heavy atom. The number of rotatable bonds is 8. The summed E-state index contributed by atoms with van der Waals surface area (Å²) in [6.07, 6.45) is -7.04. The molecule has 6 heterocycles. The van der Waals surface area contributed by atoms with Gasteiger partial charge in [-0.3, -0.25) is 9.97 Å². The number of carboxylic acid groups (broad SMARTS) is 4. The van der Waals surface area contributed by atoms with Crippen LogP contribution < -0.4 is 10.2 Å². The summed E-state index contributed by atoms with van der Waals surface area (Å²) >= 11 is 0. The topological polar surface area (TPSA) is 255 Å². The molecule has 0 unspecified atom stereocenters. The van der Waals surface area contributed by atoms with E-state index in [0.717, 1.165) is 36.4 Å². The van der Waals surface area contributed by atoms with E-state index in [4.69, 9.17) is 10.2 Å². The number of halogens is 6. The largest absolute Gasteiger partial charge is 2.00 e. The molecule has 0 saturated heterocycles. The van der Waals surface area contributed by atoms with Crippen molar-refractivity contribution in [3.8, 4) is 45.6 Å². The molecule has 0 aliphatic rings. The minimum Gasteiger partial charge on any atom is -0.573 e. The van der Waals surface area contributed by atoms with Crippen LogP contribution in [0.2, 0.25) is 0 Å². The predicted octanol–water partition coefficient (Wildman–Crippen LogP) is 5.15. The van der Waals surface area contributed by atoms with Crippen molar-refractivity contribution in [2.75, 3.05) is 0 Å². The van der Waals surface area contributed by atoms with E-state index in [-0.39, 0.29) is 87.3 Å². The maximum atomic E-state index is 12.7. The molecular weight excluding hydrogens is 839 g/mol. The fourth-order valence-corrected chi connectivity index (χ4v) is 4.36. The van der Waals surface area contributed by atoms with E-state index in [2.05, 4.69) is 40.3 Å². The fourth-order valence-electron chi connectivity index (χ4n) is 4.36. The Balaban J connectivity index is 0.000000240. The third kappa shape index (κ3) is 9.76.